The average molecular weight is 555 g/mol. The van der Waals surface area contributed by atoms with Gasteiger partial charge < -0.3 is 0 Å². The van der Waals surface area contributed by atoms with Gasteiger partial charge in [-0.2, -0.15) is 0 Å². The van der Waals surface area contributed by atoms with Crippen molar-refractivity contribution in [3.8, 4) is 0 Å². The molecule has 2 aromatic rings. The molecule has 0 amide bonds. The van der Waals surface area contributed by atoms with Crippen LogP contribution in [0.1, 0.15) is 11.1 Å². The Morgan fingerprint density at radius 1 is 0.581 bits per heavy atom. The van der Waals surface area contributed by atoms with Gasteiger partial charge in [0.1, 0.15) is 0 Å². The molecule has 0 saturated heterocycles. The SMILES string of the molecule is FCC(F)C(F)[CH2][Sn]([CH2]C(F)C(F)CF)([O]Cc1ccccc1)[O]Cc1ccccc1. The summed E-state index contributed by atoms with van der Waals surface area (Å²) in [5.74, 6) is 0. The van der Waals surface area contributed by atoms with Crippen molar-refractivity contribution in [1.82, 2.24) is 0 Å². The second-order valence-electron chi connectivity index (χ2n) is 7.24. The molecule has 0 aromatic heterocycles. The van der Waals surface area contributed by atoms with E-state index in [0.29, 0.717) is 11.1 Å². The van der Waals surface area contributed by atoms with Gasteiger partial charge in [0.2, 0.25) is 0 Å². The molecule has 0 saturated carbocycles. The Morgan fingerprint density at radius 2 is 0.935 bits per heavy atom. The summed E-state index contributed by atoms with van der Waals surface area (Å²) in [4.78, 5) is 0. The van der Waals surface area contributed by atoms with E-state index in [1.54, 1.807) is 60.7 Å². The van der Waals surface area contributed by atoms with Crippen molar-refractivity contribution in [2.45, 2.75) is 46.8 Å². The first-order chi connectivity index (χ1) is 14.9. The summed E-state index contributed by atoms with van der Waals surface area (Å²) in [5.41, 5.74) is 1.34. The fraction of sp³-hybridized carbons (Fsp3) is 0.455. The normalized spacial score (nSPS) is 15.9. The summed E-state index contributed by atoms with van der Waals surface area (Å²) < 4.78 is 92.1. The van der Waals surface area contributed by atoms with Crippen LogP contribution in [0.2, 0.25) is 8.87 Å². The van der Waals surface area contributed by atoms with Crippen LogP contribution in [0.3, 0.4) is 0 Å². The van der Waals surface area contributed by atoms with Crippen LogP contribution < -0.4 is 0 Å². The third-order valence-electron chi connectivity index (χ3n) is 4.78. The number of halogens is 6. The molecule has 0 spiro atoms. The summed E-state index contributed by atoms with van der Waals surface area (Å²) in [6, 6.07) is 17.3. The fourth-order valence-corrected chi connectivity index (χ4v) is 12.3. The van der Waals surface area contributed by atoms with E-state index < -0.39 is 66.1 Å². The molecular weight excluding hydrogens is 529 g/mol. The predicted octanol–water partition coefficient (Wildman–Crippen LogP) is 6.15. The zero-order valence-electron chi connectivity index (χ0n) is 16.9. The molecule has 172 valence electrons. The number of hydrogen-bond acceptors (Lipinski definition) is 2. The molecule has 0 heterocycles. The maximum absolute atomic E-state index is 14.5. The van der Waals surface area contributed by atoms with E-state index in [0.717, 1.165) is 0 Å². The topological polar surface area (TPSA) is 18.5 Å². The molecule has 4 atom stereocenters. The van der Waals surface area contributed by atoms with E-state index in [-0.39, 0.29) is 13.2 Å². The average Bonchev–Trinajstić information content (AvgIpc) is 2.81. The van der Waals surface area contributed by atoms with E-state index in [1.807, 2.05) is 0 Å². The third kappa shape index (κ3) is 8.65. The molecule has 4 unspecified atom stereocenters. The second-order valence-corrected chi connectivity index (χ2v) is 16.4. The van der Waals surface area contributed by atoms with Crippen molar-refractivity contribution in [2.24, 2.45) is 0 Å². The standard InChI is InChI=1S/2C7H7O.2C4H6F3.Sn/c2*8-6-7-4-2-1-3-5-7;2*1-3(6)4(7)2-5;/h2*1-5H,6H2;2*3-4H,1-2H2;/q2*-1;;;+2. The first kappa shape index (κ1) is 26.0. The molecule has 0 aliphatic carbocycles. The summed E-state index contributed by atoms with van der Waals surface area (Å²) >= 11 is -4.96. The van der Waals surface area contributed by atoms with E-state index >= 15 is 0 Å². The minimum absolute atomic E-state index is 0.0930. The molecule has 9 heteroatoms. The van der Waals surface area contributed by atoms with Crippen molar-refractivity contribution in [3.05, 3.63) is 71.8 Å². The van der Waals surface area contributed by atoms with Gasteiger partial charge in [0.05, 0.1) is 0 Å². The van der Waals surface area contributed by atoms with Crippen LogP contribution in [-0.2, 0) is 19.4 Å². The second kappa shape index (κ2) is 13.3. The first-order valence-electron chi connectivity index (χ1n) is 9.93. The summed E-state index contributed by atoms with van der Waals surface area (Å²) in [7, 11) is 0. The molecule has 2 rings (SSSR count). The van der Waals surface area contributed by atoms with Crippen LogP contribution in [-0.4, -0.2) is 57.2 Å². The fourth-order valence-electron chi connectivity index (χ4n) is 2.98. The Balaban J connectivity index is 2.30. The van der Waals surface area contributed by atoms with Crippen LogP contribution in [0.25, 0.3) is 0 Å². The summed E-state index contributed by atoms with van der Waals surface area (Å²) in [5, 5.41) is 0. The van der Waals surface area contributed by atoms with E-state index in [9.17, 15) is 26.3 Å². The summed E-state index contributed by atoms with van der Waals surface area (Å²) in [6.07, 6.45) is -9.47. The Kier molecular flexibility index (Phi) is 11.2. The summed E-state index contributed by atoms with van der Waals surface area (Å²) in [6.45, 7) is -3.31. The Bertz CT molecular complexity index is 676. The van der Waals surface area contributed by atoms with Gasteiger partial charge >= 0.3 is 184 Å². The van der Waals surface area contributed by atoms with E-state index in [4.69, 9.17) is 6.15 Å². The van der Waals surface area contributed by atoms with E-state index in [2.05, 4.69) is 0 Å². The molecule has 31 heavy (non-hydrogen) atoms. The van der Waals surface area contributed by atoms with E-state index in [1.165, 1.54) is 0 Å². The van der Waals surface area contributed by atoms with Crippen LogP contribution >= 0.6 is 0 Å². The van der Waals surface area contributed by atoms with Gasteiger partial charge in [-0.25, -0.2) is 0 Å². The van der Waals surface area contributed by atoms with Gasteiger partial charge in [-0.05, 0) is 0 Å². The molecule has 0 aliphatic rings. The van der Waals surface area contributed by atoms with Gasteiger partial charge in [-0.15, -0.1) is 0 Å². The van der Waals surface area contributed by atoms with Crippen LogP contribution in [0.4, 0.5) is 26.3 Å². The van der Waals surface area contributed by atoms with Crippen molar-refractivity contribution >= 4 is 19.2 Å². The number of alkyl halides is 6. The number of benzene rings is 2. The van der Waals surface area contributed by atoms with Crippen molar-refractivity contribution in [3.63, 3.8) is 0 Å². The molecule has 0 fully saturated rings. The maximum atomic E-state index is 14.5. The van der Waals surface area contributed by atoms with Gasteiger partial charge in [0.15, 0.2) is 0 Å². The van der Waals surface area contributed by atoms with Crippen LogP contribution in [0.5, 0.6) is 0 Å². The Labute approximate surface area is 183 Å². The minimum atomic E-state index is -4.96. The zero-order valence-corrected chi connectivity index (χ0v) is 19.8. The first-order valence-corrected chi connectivity index (χ1v) is 16.3. The molecule has 2 nitrogen and oxygen atoms in total. The van der Waals surface area contributed by atoms with Gasteiger partial charge in [0.25, 0.3) is 0 Å². The molecule has 0 radical (unpaired) electrons. The zero-order chi connectivity index (χ0) is 22.7. The molecule has 0 bridgehead atoms. The molecule has 0 aliphatic heterocycles. The third-order valence-corrected chi connectivity index (χ3v) is 14.4. The van der Waals surface area contributed by atoms with Crippen LogP contribution in [0, 0.1) is 0 Å². The number of rotatable bonds is 14. The van der Waals surface area contributed by atoms with Crippen molar-refractivity contribution < 1.29 is 32.5 Å². The number of hydrogen-bond donors (Lipinski definition) is 0. The molecule has 2 aromatic carbocycles. The monoisotopic (exact) mass is 556 g/mol. The quantitative estimate of drug-likeness (QED) is 0.206. The van der Waals surface area contributed by atoms with Gasteiger partial charge in [-0.3, -0.25) is 0 Å². The predicted molar refractivity (Wildman–Crippen MR) is 109 cm³/mol. The van der Waals surface area contributed by atoms with Gasteiger partial charge in [-0.1, -0.05) is 0 Å². The van der Waals surface area contributed by atoms with Crippen LogP contribution in [0.15, 0.2) is 60.7 Å². The Morgan fingerprint density at radius 3 is 1.26 bits per heavy atom. The Hall–Kier alpha value is -1.26. The van der Waals surface area contributed by atoms with Gasteiger partial charge in [0, 0.05) is 0 Å². The van der Waals surface area contributed by atoms with Crippen molar-refractivity contribution in [1.29, 1.82) is 0 Å². The molecular formula is C22H26F6O2Sn. The molecule has 0 N–H and O–H groups in total. The van der Waals surface area contributed by atoms with Crippen molar-refractivity contribution in [2.75, 3.05) is 13.3 Å².